The van der Waals surface area contributed by atoms with E-state index in [2.05, 4.69) is 11.9 Å². The number of carbonyl (C=O) groups is 1. The van der Waals surface area contributed by atoms with E-state index in [-0.39, 0.29) is 11.5 Å². The van der Waals surface area contributed by atoms with Crippen molar-refractivity contribution in [2.24, 2.45) is 0 Å². The first-order valence-electron chi connectivity index (χ1n) is 8.74. The first-order valence-corrected chi connectivity index (χ1v) is 8.74. The van der Waals surface area contributed by atoms with Crippen LogP contribution in [0.1, 0.15) is 27.9 Å². The minimum Gasteiger partial charge on any atom is -0.297 e. The second kappa shape index (κ2) is 6.45. The third kappa shape index (κ3) is 2.55. The molecule has 0 spiro atoms. The molecule has 0 radical (unpaired) electrons. The van der Waals surface area contributed by atoms with Gasteiger partial charge in [0.1, 0.15) is 5.54 Å². The lowest BCUT2D eigenvalue weighted by Crippen LogP contribution is -2.46. The molecule has 5 nitrogen and oxygen atoms in total. The number of ketones is 1. The van der Waals surface area contributed by atoms with Gasteiger partial charge in [0.05, 0.1) is 10.3 Å². The Morgan fingerprint density at radius 3 is 2.56 bits per heavy atom. The number of carbonyl (C=O) groups excluding carboxylic acids is 1. The molecule has 0 saturated heterocycles. The molecule has 27 heavy (non-hydrogen) atoms. The normalized spacial score (nSPS) is 18.0. The van der Waals surface area contributed by atoms with E-state index in [9.17, 15) is 14.9 Å². The van der Waals surface area contributed by atoms with Gasteiger partial charge in [-0.1, -0.05) is 48.5 Å². The van der Waals surface area contributed by atoms with Crippen molar-refractivity contribution in [2.45, 2.75) is 18.5 Å². The van der Waals surface area contributed by atoms with Crippen LogP contribution >= 0.6 is 0 Å². The molecule has 1 aliphatic carbocycles. The van der Waals surface area contributed by atoms with Crippen LogP contribution in [-0.4, -0.2) is 10.7 Å². The van der Waals surface area contributed by atoms with Crippen LogP contribution in [0.3, 0.4) is 0 Å². The largest absolute Gasteiger partial charge is 0.297 e. The lowest BCUT2D eigenvalue weighted by Gasteiger charge is -2.29. The maximum atomic E-state index is 13.4. The minimum absolute atomic E-state index is 0.0147. The summed E-state index contributed by atoms with van der Waals surface area (Å²) < 4.78 is 0. The Morgan fingerprint density at radius 2 is 1.85 bits per heavy atom. The molecule has 134 valence electrons. The number of rotatable bonds is 6. The molecule has 0 saturated carbocycles. The van der Waals surface area contributed by atoms with Crippen LogP contribution in [0.4, 0.5) is 5.69 Å². The fraction of sp³-hybridized carbons (Fsp3) is 0.136. The number of nitrogens with one attached hydrogen (secondary N) is 1. The van der Waals surface area contributed by atoms with Crippen molar-refractivity contribution in [3.63, 3.8) is 0 Å². The van der Waals surface area contributed by atoms with Crippen LogP contribution in [0, 0.1) is 10.1 Å². The first kappa shape index (κ1) is 17.1. The molecular formula is C22H18N2O3. The summed E-state index contributed by atoms with van der Waals surface area (Å²) in [7, 11) is 0. The summed E-state index contributed by atoms with van der Waals surface area (Å²) >= 11 is 0. The SMILES string of the molecule is C=CCC1(NCc2ccccc2)C(=O)c2ccc([N+](=O)[O-])c3cccc1c23. The van der Waals surface area contributed by atoms with E-state index in [1.165, 1.54) is 6.07 Å². The molecule has 0 aromatic heterocycles. The van der Waals surface area contributed by atoms with Crippen molar-refractivity contribution >= 4 is 22.2 Å². The van der Waals surface area contributed by atoms with Gasteiger partial charge in [0, 0.05) is 23.6 Å². The third-order valence-electron chi connectivity index (χ3n) is 5.19. The summed E-state index contributed by atoms with van der Waals surface area (Å²) in [5, 5.41) is 16.0. The van der Waals surface area contributed by atoms with E-state index in [0.717, 1.165) is 11.1 Å². The first-order chi connectivity index (χ1) is 13.1. The zero-order valence-corrected chi connectivity index (χ0v) is 14.6. The molecule has 0 aliphatic heterocycles. The number of nitro benzene ring substituents is 1. The van der Waals surface area contributed by atoms with E-state index < -0.39 is 10.5 Å². The zero-order chi connectivity index (χ0) is 19.0. The van der Waals surface area contributed by atoms with Crippen LogP contribution in [0.25, 0.3) is 10.8 Å². The van der Waals surface area contributed by atoms with Gasteiger partial charge in [-0.3, -0.25) is 20.2 Å². The summed E-state index contributed by atoms with van der Waals surface area (Å²) in [6.07, 6.45) is 2.12. The van der Waals surface area contributed by atoms with Gasteiger partial charge in [0.2, 0.25) is 0 Å². The van der Waals surface area contributed by atoms with E-state index in [4.69, 9.17) is 0 Å². The average Bonchev–Trinajstić information content (AvgIpc) is 2.92. The van der Waals surface area contributed by atoms with Crippen LogP contribution in [0.2, 0.25) is 0 Å². The summed E-state index contributed by atoms with van der Waals surface area (Å²) in [4.78, 5) is 24.4. The molecule has 4 rings (SSSR count). The Labute approximate surface area is 156 Å². The smallest absolute Gasteiger partial charge is 0.277 e. The van der Waals surface area contributed by atoms with Gasteiger partial charge in [-0.15, -0.1) is 6.58 Å². The highest BCUT2D eigenvalue weighted by atomic mass is 16.6. The maximum absolute atomic E-state index is 13.4. The highest BCUT2D eigenvalue weighted by Gasteiger charge is 2.47. The number of nitrogens with zero attached hydrogens (tertiary/aromatic N) is 1. The predicted molar refractivity (Wildman–Crippen MR) is 105 cm³/mol. The van der Waals surface area contributed by atoms with Gasteiger partial charge in [-0.2, -0.15) is 0 Å². The van der Waals surface area contributed by atoms with Crippen molar-refractivity contribution in [1.82, 2.24) is 5.32 Å². The van der Waals surface area contributed by atoms with Crippen molar-refractivity contribution in [1.29, 1.82) is 0 Å². The fourth-order valence-electron chi connectivity index (χ4n) is 3.96. The highest BCUT2D eigenvalue weighted by Crippen LogP contribution is 2.45. The molecule has 1 unspecified atom stereocenters. The molecule has 3 aromatic carbocycles. The van der Waals surface area contributed by atoms with E-state index >= 15 is 0 Å². The molecule has 1 N–H and O–H groups in total. The molecule has 0 amide bonds. The molecular weight excluding hydrogens is 340 g/mol. The number of benzene rings is 3. The Bertz CT molecular complexity index is 1080. The van der Waals surface area contributed by atoms with Gasteiger partial charge >= 0.3 is 0 Å². The Hall–Kier alpha value is -3.31. The lowest BCUT2D eigenvalue weighted by molar-refractivity contribution is -0.383. The van der Waals surface area contributed by atoms with E-state index in [1.807, 2.05) is 36.4 Å². The maximum Gasteiger partial charge on any atom is 0.277 e. The van der Waals surface area contributed by atoms with Crippen molar-refractivity contribution in [2.75, 3.05) is 0 Å². The fourth-order valence-corrected chi connectivity index (χ4v) is 3.96. The predicted octanol–water partition coefficient (Wildman–Crippen LogP) is 4.51. The van der Waals surface area contributed by atoms with Gasteiger partial charge in [-0.25, -0.2) is 0 Å². The molecule has 5 heteroatoms. The van der Waals surface area contributed by atoms with Crippen molar-refractivity contribution < 1.29 is 9.72 Å². The number of hydrogen-bond acceptors (Lipinski definition) is 4. The second-order valence-electron chi connectivity index (χ2n) is 6.68. The minimum atomic E-state index is -0.964. The molecule has 1 atom stereocenters. The monoisotopic (exact) mass is 358 g/mol. The summed E-state index contributed by atoms with van der Waals surface area (Å²) in [6, 6.07) is 18.2. The summed E-state index contributed by atoms with van der Waals surface area (Å²) in [6.45, 7) is 4.34. The topological polar surface area (TPSA) is 72.2 Å². The number of nitro groups is 1. The Kier molecular flexibility index (Phi) is 4.09. The number of hydrogen-bond donors (Lipinski definition) is 1. The number of Topliss-reactive ketones (excluding diaryl/α,β-unsaturated/α-hetero) is 1. The second-order valence-corrected chi connectivity index (χ2v) is 6.68. The third-order valence-corrected chi connectivity index (χ3v) is 5.19. The summed E-state index contributed by atoms with van der Waals surface area (Å²) in [5.74, 6) is -0.0700. The van der Waals surface area contributed by atoms with E-state index in [0.29, 0.717) is 29.3 Å². The van der Waals surface area contributed by atoms with Crippen molar-refractivity contribution in [3.05, 3.63) is 100 Å². The van der Waals surface area contributed by atoms with Gasteiger partial charge < -0.3 is 0 Å². The van der Waals surface area contributed by atoms with Gasteiger partial charge in [0.15, 0.2) is 5.78 Å². The van der Waals surface area contributed by atoms with Crippen LogP contribution in [0.5, 0.6) is 0 Å². The molecule has 0 bridgehead atoms. The number of non-ortho nitro benzene ring substituents is 1. The van der Waals surface area contributed by atoms with Crippen LogP contribution in [-0.2, 0) is 12.1 Å². The highest BCUT2D eigenvalue weighted by molar-refractivity contribution is 6.21. The van der Waals surface area contributed by atoms with Crippen LogP contribution in [0.15, 0.2) is 73.3 Å². The van der Waals surface area contributed by atoms with Crippen molar-refractivity contribution in [3.8, 4) is 0 Å². The molecule has 0 heterocycles. The summed E-state index contributed by atoms with van der Waals surface area (Å²) in [5.41, 5.74) is 1.41. The molecule has 3 aromatic rings. The van der Waals surface area contributed by atoms with Gasteiger partial charge in [-0.05, 0) is 29.7 Å². The quantitative estimate of drug-likeness (QED) is 0.400. The lowest BCUT2D eigenvalue weighted by atomic mass is 9.86. The molecule has 1 aliphatic rings. The Balaban J connectivity index is 1.88. The van der Waals surface area contributed by atoms with Crippen LogP contribution < -0.4 is 5.32 Å². The zero-order valence-electron chi connectivity index (χ0n) is 14.6. The Morgan fingerprint density at radius 1 is 1.07 bits per heavy atom. The molecule has 0 fully saturated rings. The van der Waals surface area contributed by atoms with E-state index in [1.54, 1.807) is 24.3 Å². The standard InChI is InChI=1S/C22H18N2O3/c1-2-13-22(23-14-15-7-4-3-5-8-15)18-10-6-9-16-19(24(26)27)12-11-17(20(16)18)21(22)25/h2-12,23H,1,13-14H2. The average molecular weight is 358 g/mol. The van der Waals surface area contributed by atoms with Gasteiger partial charge in [0.25, 0.3) is 5.69 Å².